The van der Waals surface area contributed by atoms with Gasteiger partial charge >= 0.3 is 0 Å². The van der Waals surface area contributed by atoms with Gasteiger partial charge in [-0.2, -0.15) is 0 Å². The van der Waals surface area contributed by atoms with Crippen LogP contribution >= 0.6 is 0 Å². The summed E-state index contributed by atoms with van der Waals surface area (Å²) in [6.45, 7) is 0. The van der Waals surface area contributed by atoms with Crippen LogP contribution in [0.5, 0.6) is 0 Å². The lowest BCUT2D eigenvalue weighted by Gasteiger charge is -1.91. The lowest BCUT2D eigenvalue weighted by Crippen LogP contribution is -2.11. The van der Waals surface area contributed by atoms with Crippen LogP contribution < -0.4 is 5.32 Å². The molecular weight excluding hydrogens is 86.1 g/mol. The summed E-state index contributed by atoms with van der Waals surface area (Å²) in [5, 5.41) is 4.28. The first-order valence-corrected chi connectivity index (χ1v) is 2.52. The van der Waals surface area contributed by atoms with E-state index in [2.05, 4.69) is 29.6 Å². The van der Waals surface area contributed by atoms with E-state index >= 15 is 0 Å². The Balaban J connectivity index is 1.72. The van der Waals surface area contributed by atoms with Crippen LogP contribution in [0.3, 0.4) is 0 Å². The van der Waals surface area contributed by atoms with E-state index in [1.165, 1.54) is 0 Å². The van der Waals surface area contributed by atoms with Crippen LogP contribution in [0, 0.1) is 0 Å². The average molecular weight is 92.1 g/mol. The quantitative estimate of drug-likeness (QED) is 0.439. The van der Waals surface area contributed by atoms with Gasteiger partial charge in [-0.3, -0.25) is 0 Å². The van der Waals surface area contributed by atoms with E-state index in [4.69, 9.17) is 0 Å². The molecule has 0 heterocycles. The highest BCUT2D eigenvalue weighted by molar-refractivity contribution is 5.27. The smallest absolute Gasteiger partial charge is 0.0619 e. The Labute approximate surface area is 42.7 Å². The van der Waals surface area contributed by atoms with Gasteiger partial charge in [-0.05, 0) is 0 Å². The fraction of sp³-hybridized carbons (Fsp3) is 0.333. The van der Waals surface area contributed by atoms with Crippen LogP contribution in [0.2, 0.25) is 0 Å². The van der Waals surface area contributed by atoms with Crippen molar-refractivity contribution in [3.8, 4) is 0 Å². The van der Waals surface area contributed by atoms with Crippen LogP contribution in [-0.4, -0.2) is 12.1 Å². The topological polar surface area (TPSA) is 14.1 Å². The Bertz CT molecular complexity index is 107. The van der Waals surface area contributed by atoms with Crippen molar-refractivity contribution in [1.29, 1.82) is 0 Å². The maximum absolute atomic E-state index is 4.28. The Morgan fingerprint density at radius 1 is 0.857 bits per heavy atom. The summed E-state index contributed by atoms with van der Waals surface area (Å²) < 4.78 is 0. The van der Waals surface area contributed by atoms with E-state index in [0.717, 1.165) is 0 Å². The van der Waals surface area contributed by atoms with Gasteiger partial charge in [0, 0.05) is 0 Å². The Hall–Kier alpha value is -0.560. The van der Waals surface area contributed by atoms with Gasteiger partial charge in [0.1, 0.15) is 0 Å². The third-order valence-corrected chi connectivity index (χ3v) is 1.07. The molecule has 0 spiro atoms. The van der Waals surface area contributed by atoms with Crippen molar-refractivity contribution in [2.45, 2.75) is 12.1 Å². The Morgan fingerprint density at radius 3 is 1.57 bits per heavy atom. The van der Waals surface area contributed by atoms with E-state index in [1.807, 2.05) is 0 Å². The van der Waals surface area contributed by atoms with Crippen molar-refractivity contribution in [1.82, 2.24) is 5.32 Å². The zero-order valence-corrected chi connectivity index (χ0v) is 3.91. The zero-order chi connectivity index (χ0) is 4.69. The molecule has 1 radical (unpaired) electrons. The summed E-state index contributed by atoms with van der Waals surface area (Å²) in [6, 6.07) is 1.000. The first-order valence-electron chi connectivity index (χ1n) is 2.52. The molecule has 0 atom stereocenters. The second-order valence-electron chi connectivity index (χ2n) is 1.90. The fourth-order valence-corrected chi connectivity index (χ4v) is 0.497. The van der Waals surface area contributed by atoms with Crippen LogP contribution in [0.4, 0.5) is 0 Å². The highest BCUT2D eigenvalue weighted by Crippen LogP contribution is 2.14. The zero-order valence-electron chi connectivity index (χ0n) is 3.91. The lowest BCUT2D eigenvalue weighted by atomic mass is 10.5. The molecule has 7 heavy (non-hydrogen) atoms. The molecule has 0 bridgehead atoms. The first-order chi connectivity index (χ1) is 3.45. The first kappa shape index (κ1) is 3.44. The number of hydrogen-bond donors (Lipinski definition) is 0. The molecule has 2 rings (SSSR count). The molecule has 2 aliphatic carbocycles. The van der Waals surface area contributed by atoms with Crippen LogP contribution in [0.1, 0.15) is 0 Å². The van der Waals surface area contributed by atoms with Crippen molar-refractivity contribution in [3.63, 3.8) is 0 Å². The van der Waals surface area contributed by atoms with Crippen LogP contribution in [0.25, 0.3) is 0 Å². The third-order valence-electron chi connectivity index (χ3n) is 1.07. The molecule has 0 amide bonds. The maximum atomic E-state index is 4.28. The van der Waals surface area contributed by atoms with Gasteiger partial charge in [-0.25, -0.2) is 5.32 Å². The minimum absolute atomic E-state index is 0.500. The highest BCUT2D eigenvalue weighted by Gasteiger charge is 2.19. The molecule has 35 valence electrons. The maximum Gasteiger partial charge on any atom is 0.0619 e. The van der Waals surface area contributed by atoms with E-state index in [1.54, 1.807) is 0 Å². The standard InChI is InChI=1S/C6H6N/c1-2-5(1)7-6-3-4-6/h1-6H. The largest absolute Gasteiger partial charge is 0.219 e. The summed E-state index contributed by atoms with van der Waals surface area (Å²) in [5.41, 5.74) is 0. The predicted octanol–water partition coefficient (Wildman–Crippen LogP) is 0.468. The summed E-state index contributed by atoms with van der Waals surface area (Å²) >= 11 is 0. The number of rotatable bonds is 2. The Morgan fingerprint density at radius 2 is 1.29 bits per heavy atom. The number of hydrogen-bond acceptors (Lipinski definition) is 0. The fourth-order valence-electron chi connectivity index (χ4n) is 0.497. The number of nitrogens with zero attached hydrogens (tertiary/aromatic N) is 1. The van der Waals surface area contributed by atoms with Gasteiger partial charge in [0.05, 0.1) is 12.1 Å². The minimum Gasteiger partial charge on any atom is -0.219 e. The predicted molar refractivity (Wildman–Crippen MR) is 28.0 cm³/mol. The van der Waals surface area contributed by atoms with E-state index < -0.39 is 0 Å². The van der Waals surface area contributed by atoms with Gasteiger partial charge < -0.3 is 0 Å². The van der Waals surface area contributed by atoms with E-state index in [-0.39, 0.29) is 0 Å². The van der Waals surface area contributed by atoms with E-state index in [9.17, 15) is 0 Å². The molecule has 0 saturated heterocycles. The molecule has 2 aliphatic rings. The normalized spacial score (nSPS) is 26.3. The van der Waals surface area contributed by atoms with Crippen molar-refractivity contribution in [3.05, 3.63) is 24.3 Å². The molecule has 1 heteroatoms. The molecule has 0 unspecified atom stereocenters. The average Bonchev–Trinajstić information content (AvgIpc) is 2.33. The summed E-state index contributed by atoms with van der Waals surface area (Å²) in [5.74, 6) is 0. The van der Waals surface area contributed by atoms with Crippen LogP contribution in [-0.2, 0) is 0 Å². The van der Waals surface area contributed by atoms with Gasteiger partial charge in [0.2, 0.25) is 0 Å². The summed E-state index contributed by atoms with van der Waals surface area (Å²) in [7, 11) is 0. The van der Waals surface area contributed by atoms with Gasteiger partial charge in [-0.15, -0.1) is 0 Å². The summed E-state index contributed by atoms with van der Waals surface area (Å²) in [4.78, 5) is 0. The molecule has 0 aromatic heterocycles. The molecule has 0 fully saturated rings. The van der Waals surface area contributed by atoms with Crippen molar-refractivity contribution in [2.75, 3.05) is 0 Å². The minimum atomic E-state index is 0.500. The molecule has 0 saturated carbocycles. The van der Waals surface area contributed by atoms with Crippen molar-refractivity contribution < 1.29 is 0 Å². The monoisotopic (exact) mass is 92.1 g/mol. The third kappa shape index (κ3) is 0.722. The van der Waals surface area contributed by atoms with Gasteiger partial charge in [-0.1, -0.05) is 24.3 Å². The molecule has 0 aliphatic heterocycles. The molecule has 0 aromatic rings. The summed E-state index contributed by atoms with van der Waals surface area (Å²) in [6.07, 6.45) is 8.39. The van der Waals surface area contributed by atoms with E-state index in [0.29, 0.717) is 12.1 Å². The molecular formula is C6H6N. The van der Waals surface area contributed by atoms with Gasteiger partial charge in [0.25, 0.3) is 0 Å². The Kier molecular flexibility index (Phi) is 0.484. The second-order valence-corrected chi connectivity index (χ2v) is 1.90. The molecule has 0 aromatic carbocycles. The highest BCUT2D eigenvalue weighted by atomic mass is 15.0. The van der Waals surface area contributed by atoms with Crippen molar-refractivity contribution in [2.24, 2.45) is 0 Å². The second kappa shape index (κ2) is 0.984. The molecule has 1 nitrogen and oxygen atoms in total. The van der Waals surface area contributed by atoms with Crippen molar-refractivity contribution >= 4 is 0 Å². The lowest BCUT2D eigenvalue weighted by molar-refractivity contribution is 0.732. The SMILES string of the molecule is C1=CC1[N]C1C=C1. The molecule has 0 N–H and O–H groups in total. The van der Waals surface area contributed by atoms with Gasteiger partial charge in [0.15, 0.2) is 0 Å². The van der Waals surface area contributed by atoms with Crippen LogP contribution in [0.15, 0.2) is 24.3 Å².